The van der Waals surface area contributed by atoms with Crippen molar-refractivity contribution in [3.63, 3.8) is 0 Å². The van der Waals surface area contributed by atoms with Crippen LogP contribution in [0.4, 0.5) is 13.9 Å². The molecule has 2 aromatic carbocycles. The molecule has 0 saturated heterocycles. The number of hydrogen-bond acceptors (Lipinski definition) is 8. The Hall–Kier alpha value is -3.64. The van der Waals surface area contributed by atoms with Crippen molar-refractivity contribution in [2.45, 2.75) is 22.9 Å². The van der Waals surface area contributed by atoms with E-state index in [2.05, 4.69) is 25.6 Å². The van der Waals surface area contributed by atoms with Crippen LogP contribution in [0, 0.1) is 17.6 Å². The Balaban J connectivity index is 1.25. The number of halogens is 2. The molecule has 3 heterocycles. The summed E-state index contributed by atoms with van der Waals surface area (Å²) in [6.45, 7) is 0. The predicted molar refractivity (Wildman–Crippen MR) is 122 cm³/mol. The zero-order chi connectivity index (χ0) is 23.2. The van der Waals surface area contributed by atoms with Crippen LogP contribution in [-0.2, 0) is 4.79 Å². The van der Waals surface area contributed by atoms with E-state index in [0.29, 0.717) is 15.9 Å². The van der Waals surface area contributed by atoms with Crippen LogP contribution in [0.3, 0.4) is 0 Å². The highest BCUT2D eigenvalue weighted by atomic mass is 32.2. The Morgan fingerprint density at radius 3 is 2.71 bits per heavy atom. The molecule has 1 N–H and O–H groups in total. The Morgan fingerprint density at radius 1 is 1.09 bits per heavy atom. The smallest absolute Gasteiger partial charge is 0.237 e. The lowest BCUT2D eigenvalue weighted by molar-refractivity contribution is -0.117. The van der Waals surface area contributed by atoms with Gasteiger partial charge in [0, 0.05) is 35.1 Å². The normalized spacial score (nSPS) is 13.5. The van der Waals surface area contributed by atoms with Crippen molar-refractivity contribution in [3.8, 4) is 11.6 Å². The molecule has 34 heavy (non-hydrogen) atoms. The maximum atomic E-state index is 13.5. The minimum atomic E-state index is -0.745. The van der Waals surface area contributed by atoms with Crippen molar-refractivity contribution in [2.24, 2.45) is 5.92 Å². The number of carbonyl (C=O) groups is 1. The first-order valence-corrected chi connectivity index (χ1v) is 11.9. The van der Waals surface area contributed by atoms with Crippen molar-refractivity contribution in [1.29, 1.82) is 0 Å². The van der Waals surface area contributed by atoms with Crippen LogP contribution in [0.25, 0.3) is 15.9 Å². The molecular formula is C22H14F2N6O2S2. The Bertz CT molecular complexity index is 1550. The van der Waals surface area contributed by atoms with E-state index in [4.69, 9.17) is 4.74 Å². The number of anilines is 1. The van der Waals surface area contributed by atoms with Crippen molar-refractivity contribution >= 4 is 50.0 Å². The van der Waals surface area contributed by atoms with E-state index in [9.17, 15) is 13.6 Å². The topological polar surface area (TPSA) is 94.3 Å². The third-order valence-electron chi connectivity index (χ3n) is 5.02. The van der Waals surface area contributed by atoms with E-state index in [1.165, 1.54) is 27.6 Å². The summed E-state index contributed by atoms with van der Waals surface area (Å²) in [5.41, 5.74) is 1.28. The van der Waals surface area contributed by atoms with E-state index in [0.717, 1.165) is 46.2 Å². The van der Waals surface area contributed by atoms with Crippen molar-refractivity contribution < 1.29 is 18.3 Å². The molecule has 5 aromatic rings. The molecular weight excluding hydrogens is 482 g/mol. The summed E-state index contributed by atoms with van der Waals surface area (Å²) < 4.78 is 34.9. The number of hydrogen-bond donors (Lipinski definition) is 1. The molecule has 1 aliphatic rings. The Labute approximate surface area is 199 Å². The van der Waals surface area contributed by atoms with Gasteiger partial charge in [-0.05, 0) is 48.9 Å². The van der Waals surface area contributed by atoms with Crippen LogP contribution >= 0.6 is 23.1 Å². The zero-order valence-electron chi connectivity index (χ0n) is 17.2. The van der Waals surface area contributed by atoms with Crippen LogP contribution < -0.4 is 10.1 Å². The number of carbonyl (C=O) groups excluding carboxylic acids is 1. The number of nitrogens with zero attached hydrogens (tertiary/aromatic N) is 5. The fourth-order valence-electron chi connectivity index (χ4n) is 3.26. The van der Waals surface area contributed by atoms with Crippen molar-refractivity contribution in [2.75, 3.05) is 5.32 Å². The predicted octanol–water partition coefficient (Wildman–Crippen LogP) is 5.30. The van der Waals surface area contributed by atoms with Crippen molar-refractivity contribution in [3.05, 3.63) is 60.2 Å². The van der Waals surface area contributed by atoms with Gasteiger partial charge in [-0.3, -0.25) is 4.79 Å². The highest BCUT2D eigenvalue weighted by molar-refractivity contribution is 7.99. The first kappa shape index (κ1) is 20.9. The first-order chi connectivity index (χ1) is 16.5. The average molecular weight is 497 g/mol. The van der Waals surface area contributed by atoms with E-state index in [1.807, 2.05) is 18.2 Å². The molecule has 1 amide bonds. The highest BCUT2D eigenvalue weighted by Gasteiger charge is 2.30. The monoisotopic (exact) mass is 496 g/mol. The van der Waals surface area contributed by atoms with E-state index < -0.39 is 11.6 Å². The third-order valence-corrected chi connectivity index (χ3v) is 6.88. The average Bonchev–Trinajstić information content (AvgIpc) is 3.47. The molecule has 0 aliphatic heterocycles. The molecule has 12 heteroatoms. The van der Waals surface area contributed by atoms with Gasteiger partial charge in [0.05, 0.1) is 10.2 Å². The number of rotatable bonds is 6. The summed E-state index contributed by atoms with van der Waals surface area (Å²) in [5.74, 6) is -1.23. The van der Waals surface area contributed by atoms with E-state index >= 15 is 0 Å². The van der Waals surface area contributed by atoms with Gasteiger partial charge in [0.15, 0.2) is 10.8 Å². The second-order valence-corrected chi connectivity index (χ2v) is 9.72. The van der Waals surface area contributed by atoms with Crippen molar-refractivity contribution in [1.82, 2.24) is 24.8 Å². The summed E-state index contributed by atoms with van der Waals surface area (Å²) in [4.78, 5) is 17.4. The molecule has 0 radical (unpaired) electrons. The molecule has 170 valence electrons. The summed E-state index contributed by atoms with van der Waals surface area (Å²) >= 11 is 2.75. The fraction of sp³-hybridized carbons (Fsp3) is 0.136. The number of fused-ring (bicyclic) bond motifs is 2. The molecule has 1 fully saturated rings. The number of amides is 1. The standard InChI is InChI=1S/C22H14F2N6O2S2/c23-12-7-13(24)9-14(8-12)32-19-6-5-18-27-28-22(30(18)29-19)33-15-3-4-16-17(10-15)34-21(25-16)26-20(31)11-1-2-11/h3-11H,1-2H2,(H,25,26,31). The summed E-state index contributed by atoms with van der Waals surface area (Å²) in [7, 11) is 0. The number of aromatic nitrogens is 5. The molecule has 1 aliphatic carbocycles. The molecule has 0 bridgehead atoms. The fourth-order valence-corrected chi connectivity index (χ4v) is 5.07. The Kier molecular flexibility index (Phi) is 5.11. The molecule has 3 aromatic heterocycles. The molecule has 0 unspecified atom stereocenters. The second kappa shape index (κ2) is 8.29. The van der Waals surface area contributed by atoms with Crippen LogP contribution in [0.15, 0.2) is 58.6 Å². The number of ether oxygens (including phenoxy) is 1. The lowest BCUT2D eigenvalue weighted by Crippen LogP contribution is -2.12. The van der Waals surface area contributed by atoms with Gasteiger partial charge in [0.2, 0.25) is 16.9 Å². The molecule has 0 spiro atoms. The zero-order valence-corrected chi connectivity index (χ0v) is 18.9. The number of nitrogens with one attached hydrogen (secondary N) is 1. The maximum absolute atomic E-state index is 13.5. The van der Waals surface area contributed by atoms with E-state index in [-0.39, 0.29) is 23.5 Å². The van der Waals surface area contributed by atoms with Crippen LogP contribution in [0.1, 0.15) is 12.8 Å². The van der Waals surface area contributed by atoms with E-state index in [1.54, 1.807) is 12.1 Å². The molecule has 8 nitrogen and oxygen atoms in total. The van der Waals surface area contributed by atoms with Gasteiger partial charge in [-0.2, -0.15) is 4.52 Å². The quantitative estimate of drug-likeness (QED) is 0.341. The van der Waals surface area contributed by atoms with Gasteiger partial charge < -0.3 is 10.1 Å². The Morgan fingerprint density at radius 2 is 1.91 bits per heavy atom. The summed E-state index contributed by atoms with van der Waals surface area (Å²) in [5, 5.41) is 16.6. The molecule has 6 rings (SSSR count). The first-order valence-electron chi connectivity index (χ1n) is 10.3. The van der Waals surface area contributed by atoms with Gasteiger partial charge >= 0.3 is 0 Å². The molecule has 0 atom stereocenters. The minimum absolute atomic E-state index is 0.00754. The SMILES string of the molecule is O=C(Nc1nc2ccc(Sc3nnc4ccc(Oc5cc(F)cc(F)c5)nn34)cc2s1)C1CC1. The second-order valence-electron chi connectivity index (χ2n) is 7.65. The van der Waals surface area contributed by atoms with Gasteiger partial charge in [-0.25, -0.2) is 13.8 Å². The van der Waals surface area contributed by atoms with Crippen LogP contribution in [0.2, 0.25) is 0 Å². The van der Waals surface area contributed by atoms with Gasteiger partial charge in [0.1, 0.15) is 17.4 Å². The van der Waals surface area contributed by atoms with Crippen LogP contribution in [0.5, 0.6) is 11.6 Å². The van der Waals surface area contributed by atoms with Gasteiger partial charge in [-0.15, -0.1) is 15.3 Å². The lowest BCUT2D eigenvalue weighted by atomic mass is 10.3. The summed E-state index contributed by atoms with van der Waals surface area (Å²) in [6, 6.07) is 11.8. The summed E-state index contributed by atoms with van der Waals surface area (Å²) in [6.07, 6.45) is 1.87. The van der Waals surface area contributed by atoms with Gasteiger partial charge in [0.25, 0.3) is 0 Å². The maximum Gasteiger partial charge on any atom is 0.237 e. The number of benzene rings is 2. The highest BCUT2D eigenvalue weighted by Crippen LogP contribution is 2.35. The largest absolute Gasteiger partial charge is 0.437 e. The number of thiazole rings is 1. The van der Waals surface area contributed by atoms with Crippen LogP contribution in [-0.4, -0.2) is 30.7 Å². The minimum Gasteiger partial charge on any atom is -0.437 e. The van der Waals surface area contributed by atoms with Gasteiger partial charge in [-0.1, -0.05) is 11.3 Å². The molecule has 1 saturated carbocycles. The third kappa shape index (κ3) is 4.29. The lowest BCUT2D eigenvalue weighted by Gasteiger charge is -2.06.